The second-order valence-electron chi connectivity index (χ2n) is 7.09. The maximum atomic E-state index is 12.7. The molecule has 0 aromatic carbocycles. The molecule has 0 spiro atoms. The summed E-state index contributed by atoms with van der Waals surface area (Å²) in [6, 6.07) is 10.00. The van der Waals surface area contributed by atoms with Gasteiger partial charge in [0.25, 0.3) is 0 Å². The molecule has 0 fully saturated rings. The number of carbonyl (C=O) groups is 2. The van der Waals surface area contributed by atoms with Crippen LogP contribution in [0.15, 0.2) is 41.9 Å². The molecule has 5 nitrogen and oxygen atoms in total. The highest BCUT2D eigenvalue weighted by Gasteiger charge is 2.30. The third kappa shape index (κ3) is 3.37. The summed E-state index contributed by atoms with van der Waals surface area (Å²) in [4.78, 5) is 27.0. The molecule has 1 aliphatic carbocycles. The minimum absolute atomic E-state index is 0.0423. The summed E-state index contributed by atoms with van der Waals surface area (Å²) in [5.74, 6) is -0.669. The van der Waals surface area contributed by atoms with Crippen molar-refractivity contribution in [2.24, 2.45) is 0 Å². The van der Waals surface area contributed by atoms with E-state index in [4.69, 9.17) is 0 Å². The van der Waals surface area contributed by atoms with E-state index in [9.17, 15) is 14.7 Å². The van der Waals surface area contributed by atoms with Crippen molar-refractivity contribution < 1.29 is 14.7 Å². The SMILES string of the molecule is CN(C(=O)Cc1cccs1)[C@@H]1CCc2c(CC(=O)O)c3ccccn3c2C1. The molecule has 6 heteroatoms. The standard InChI is InChI=1S/C21H22N2O3S/c1-22(20(24)12-15-5-4-10-27-15)14-7-8-16-17(13-21(25)26)18-6-2-3-9-23(18)19(16)11-14/h2-6,9-10,14H,7-8,11-13H2,1H3,(H,25,26)/t14-/m1/s1. The van der Waals surface area contributed by atoms with Crippen molar-refractivity contribution in [3.05, 3.63) is 63.6 Å². The lowest BCUT2D eigenvalue weighted by Crippen LogP contribution is -2.41. The van der Waals surface area contributed by atoms with Gasteiger partial charge in [0.2, 0.25) is 5.91 Å². The predicted molar refractivity (Wildman–Crippen MR) is 105 cm³/mol. The fraction of sp³-hybridized carbons (Fsp3) is 0.333. The Morgan fingerprint density at radius 2 is 2.11 bits per heavy atom. The molecular weight excluding hydrogens is 360 g/mol. The summed E-state index contributed by atoms with van der Waals surface area (Å²) >= 11 is 1.61. The van der Waals surface area contributed by atoms with Crippen LogP contribution in [0.4, 0.5) is 0 Å². The van der Waals surface area contributed by atoms with Crippen LogP contribution < -0.4 is 0 Å². The first-order valence-corrected chi connectivity index (χ1v) is 10.0. The molecule has 3 aromatic rings. The number of thiophene rings is 1. The number of aliphatic carboxylic acids is 1. The second-order valence-corrected chi connectivity index (χ2v) is 8.12. The lowest BCUT2D eigenvalue weighted by molar-refractivity contribution is -0.136. The van der Waals surface area contributed by atoms with E-state index in [1.807, 2.05) is 53.9 Å². The Labute approximate surface area is 161 Å². The molecule has 0 unspecified atom stereocenters. The van der Waals surface area contributed by atoms with Crippen molar-refractivity contribution in [1.82, 2.24) is 9.30 Å². The first kappa shape index (κ1) is 17.8. The van der Waals surface area contributed by atoms with Crippen LogP contribution in [0.5, 0.6) is 0 Å². The smallest absolute Gasteiger partial charge is 0.307 e. The van der Waals surface area contributed by atoms with E-state index in [2.05, 4.69) is 4.40 Å². The molecule has 3 aromatic heterocycles. The summed E-state index contributed by atoms with van der Waals surface area (Å²) in [5, 5.41) is 11.3. The van der Waals surface area contributed by atoms with Gasteiger partial charge in [-0.25, -0.2) is 0 Å². The van der Waals surface area contributed by atoms with Crippen molar-refractivity contribution in [2.45, 2.75) is 38.1 Å². The van der Waals surface area contributed by atoms with Gasteiger partial charge >= 0.3 is 5.97 Å². The first-order chi connectivity index (χ1) is 13.0. The van der Waals surface area contributed by atoms with Crippen molar-refractivity contribution in [3.63, 3.8) is 0 Å². The van der Waals surface area contributed by atoms with Crippen molar-refractivity contribution in [2.75, 3.05) is 7.05 Å². The normalized spacial score (nSPS) is 16.3. The van der Waals surface area contributed by atoms with Gasteiger partial charge in [-0.2, -0.15) is 0 Å². The number of pyridine rings is 1. The number of carboxylic acid groups (broad SMARTS) is 1. The molecule has 140 valence electrons. The zero-order valence-electron chi connectivity index (χ0n) is 15.2. The highest BCUT2D eigenvalue weighted by Crippen LogP contribution is 2.32. The average molecular weight is 382 g/mol. The van der Waals surface area contributed by atoms with Crippen LogP contribution in [0, 0.1) is 0 Å². The maximum Gasteiger partial charge on any atom is 0.307 e. The second kappa shape index (κ2) is 7.19. The van der Waals surface area contributed by atoms with Crippen LogP contribution in [0.25, 0.3) is 5.52 Å². The Balaban J connectivity index is 1.61. The number of aromatic nitrogens is 1. The predicted octanol–water partition coefficient (Wildman–Crippen LogP) is 3.19. The Morgan fingerprint density at radius 1 is 1.26 bits per heavy atom. The lowest BCUT2D eigenvalue weighted by Gasteiger charge is -2.32. The van der Waals surface area contributed by atoms with Crippen LogP contribution in [0.1, 0.15) is 28.1 Å². The van der Waals surface area contributed by atoms with Gasteiger partial charge in [0.1, 0.15) is 0 Å². The number of hydrogen-bond donors (Lipinski definition) is 1. The molecule has 0 bridgehead atoms. The van der Waals surface area contributed by atoms with Gasteiger partial charge < -0.3 is 14.4 Å². The van der Waals surface area contributed by atoms with Crippen LogP contribution >= 0.6 is 11.3 Å². The fourth-order valence-corrected chi connectivity index (χ4v) is 4.82. The van der Waals surface area contributed by atoms with Gasteiger partial charge in [-0.15, -0.1) is 11.3 Å². The molecule has 1 aliphatic rings. The molecule has 1 atom stereocenters. The third-order valence-corrected chi connectivity index (χ3v) is 6.38. The van der Waals surface area contributed by atoms with E-state index in [0.29, 0.717) is 6.42 Å². The topological polar surface area (TPSA) is 62.0 Å². The number of likely N-dealkylation sites (N-methyl/N-ethyl adjacent to an activating group) is 1. The van der Waals surface area contributed by atoms with Gasteiger partial charge in [0.05, 0.1) is 12.8 Å². The number of nitrogens with zero attached hydrogens (tertiary/aromatic N) is 2. The summed E-state index contributed by atoms with van der Waals surface area (Å²) in [7, 11) is 1.89. The number of carboxylic acids is 1. The third-order valence-electron chi connectivity index (χ3n) is 5.50. The number of rotatable bonds is 5. The highest BCUT2D eigenvalue weighted by molar-refractivity contribution is 7.10. The van der Waals surface area contributed by atoms with E-state index in [1.165, 1.54) is 0 Å². The minimum atomic E-state index is -0.806. The molecule has 0 saturated heterocycles. The Kier molecular flexibility index (Phi) is 4.74. The van der Waals surface area contributed by atoms with Gasteiger partial charge in [-0.05, 0) is 47.5 Å². The summed E-state index contributed by atoms with van der Waals surface area (Å²) in [6.45, 7) is 0. The average Bonchev–Trinajstić information content (AvgIpc) is 3.27. The van der Waals surface area contributed by atoms with E-state index in [0.717, 1.165) is 46.5 Å². The molecule has 1 amide bonds. The summed E-state index contributed by atoms with van der Waals surface area (Å²) in [6.07, 6.45) is 4.91. The van der Waals surface area contributed by atoms with Crippen molar-refractivity contribution in [1.29, 1.82) is 0 Å². The molecule has 0 radical (unpaired) electrons. The molecule has 1 N–H and O–H groups in total. The van der Waals surface area contributed by atoms with E-state index >= 15 is 0 Å². The Morgan fingerprint density at radius 3 is 2.85 bits per heavy atom. The van der Waals surface area contributed by atoms with Gasteiger partial charge in [0, 0.05) is 41.8 Å². The number of hydrogen-bond acceptors (Lipinski definition) is 3. The van der Waals surface area contributed by atoms with Crippen LogP contribution in [0.3, 0.4) is 0 Å². The van der Waals surface area contributed by atoms with E-state index < -0.39 is 5.97 Å². The van der Waals surface area contributed by atoms with Gasteiger partial charge in [-0.3, -0.25) is 9.59 Å². The van der Waals surface area contributed by atoms with Crippen LogP contribution in [-0.4, -0.2) is 39.4 Å². The maximum absolute atomic E-state index is 12.7. The van der Waals surface area contributed by atoms with E-state index in [1.54, 1.807) is 11.3 Å². The fourth-order valence-electron chi connectivity index (χ4n) is 4.12. The monoisotopic (exact) mass is 382 g/mol. The first-order valence-electron chi connectivity index (χ1n) is 9.14. The van der Waals surface area contributed by atoms with Crippen molar-refractivity contribution in [3.8, 4) is 0 Å². The zero-order valence-corrected chi connectivity index (χ0v) is 16.0. The molecular formula is C21H22N2O3S. The Hall–Kier alpha value is -2.60. The largest absolute Gasteiger partial charge is 0.481 e. The molecule has 0 saturated carbocycles. The number of amides is 1. The van der Waals surface area contributed by atoms with Crippen LogP contribution in [0.2, 0.25) is 0 Å². The molecule has 0 aliphatic heterocycles. The molecule has 4 rings (SSSR count). The van der Waals surface area contributed by atoms with Gasteiger partial charge in [0.15, 0.2) is 0 Å². The quantitative estimate of drug-likeness (QED) is 0.737. The number of fused-ring (bicyclic) bond motifs is 3. The number of carbonyl (C=O) groups excluding carboxylic acids is 1. The summed E-state index contributed by atoms with van der Waals surface area (Å²) < 4.78 is 2.11. The minimum Gasteiger partial charge on any atom is -0.481 e. The Bertz CT molecular complexity index is 990. The van der Waals surface area contributed by atoms with Gasteiger partial charge in [-0.1, -0.05) is 12.1 Å². The van der Waals surface area contributed by atoms with E-state index in [-0.39, 0.29) is 18.4 Å². The lowest BCUT2D eigenvalue weighted by atomic mass is 9.89. The highest BCUT2D eigenvalue weighted by atomic mass is 32.1. The van der Waals surface area contributed by atoms with Crippen molar-refractivity contribution >= 4 is 28.7 Å². The summed E-state index contributed by atoms with van der Waals surface area (Å²) in [5.41, 5.74) is 4.19. The zero-order chi connectivity index (χ0) is 19.0. The molecule has 27 heavy (non-hydrogen) atoms. The molecule has 3 heterocycles. The van der Waals surface area contributed by atoms with Crippen LogP contribution in [-0.2, 0) is 35.3 Å².